The molecule has 1 aromatic rings. The molecule has 4 N–H and O–H groups in total. The summed E-state index contributed by atoms with van der Waals surface area (Å²) in [6.45, 7) is 1.32. The fourth-order valence-electron chi connectivity index (χ4n) is 1.28. The molecule has 0 radical (unpaired) electrons. The van der Waals surface area contributed by atoms with Crippen molar-refractivity contribution in [3.8, 4) is 0 Å². The molecule has 0 saturated carbocycles. The Hall–Kier alpha value is -1.88. The van der Waals surface area contributed by atoms with Crippen molar-refractivity contribution < 1.29 is 14.6 Å². The van der Waals surface area contributed by atoms with Crippen LogP contribution in [-0.4, -0.2) is 29.5 Å². The highest BCUT2D eigenvalue weighted by molar-refractivity contribution is 6.18. The van der Waals surface area contributed by atoms with Gasteiger partial charge in [0.2, 0.25) is 5.60 Å². The van der Waals surface area contributed by atoms with Crippen LogP contribution in [0.5, 0.6) is 0 Å². The third-order valence-electron chi connectivity index (χ3n) is 2.52. The summed E-state index contributed by atoms with van der Waals surface area (Å²) in [5.41, 5.74) is 4.56. The molecule has 5 nitrogen and oxygen atoms in total. The normalized spacial score (nSPS) is 14.1. The van der Waals surface area contributed by atoms with E-state index in [1.165, 1.54) is 14.0 Å². The van der Waals surface area contributed by atoms with Crippen LogP contribution in [0.4, 0.5) is 5.69 Å². The zero-order valence-electron chi connectivity index (χ0n) is 9.15. The van der Waals surface area contributed by atoms with Crippen molar-refractivity contribution in [1.82, 2.24) is 0 Å². The molecule has 1 atom stereocenters. The van der Waals surface area contributed by atoms with Crippen LogP contribution in [0.15, 0.2) is 24.3 Å². The first-order chi connectivity index (χ1) is 7.43. The van der Waals surface area contributed by atoms with Gasteiger partial charge in [0.1, 0.15) is 0 Å². The second-order valence-corrected chi connectivity index (χ2v) is 3.50. The number of carbonyl (C=O) groups is 1. The second kappa shape index (κ2) is 4.32. The van der Waals surface area contributed by atoms with Crippen molar-refractivity contribution in [1.29, 1.82) is 5.41 Å². The second-order valence-electron chi connectivity index (χ2n) is 3.50. The first-order valence-corrected chi connectivity index (χ1v) is 4.66. The van der Waals surface area contributed by atoms with E-state index >= 15 is 0 Å². The summed E-state index contributed by atoms with van der Waals surface area (Å²) in [5.74, 6) is -1.22. The summed E-state index contributed by atoms with van der Waals surface area (Å²) in [7, 11) is 1.25. The number of hydrogen-bond acceptors (Lipinski definition) is 4. The third kappa shape index (κ3) is 1.90. The maximum atomic E-state index is 11.1. The molecule has 0 spiro atoms. The van der Waals surface area contributed by atoms with Crippen LogP contribution in [-0.2, 0) is 9.53 Å². The number of rotatable bonds is 4. The van der Waals surface area contributed by atoms with Crippen LogP contribution >= 0.6 is 0 Å². The highest BCUT2D eigenvalue weighted by Gasteiger charge is 2.39. The molecule has 1 unspecified atom stereocenters. The van der Waals surface area contributed by atoms with Crippen molar-refractivity contribution >= 4 is 17.4 Å². The highest BCUT2D eigenvalue weighted by atomic mass is 16.5. The van der Waals surface area contributed by atoms with Crippen molar-refractivity contribution in [2.75, 3.05) is 12.8 Å². The van der Waals surface area contributed by atoms with E-state index in [9.17, 15) is 4.79 Å². The fraction of sp³-hybridized carbons (Fsp3) is 0.273. The monoisotopic (exact) mass is 222 g/mol. The largest absolute Gasteiger partial charge is 0.479 e. The third-order valence-corrected chi connectivity index (χ3v) is 2.52. The summed E-state index contributed by atoms with van der Waals surface area (Å²) in [6, 6.07) is 6.62. The number of benzene rings is 1. The van der Waals surface area contributed by atoms with Gasteiger partial charge in [-0.1, -0.05) is 18.2 Å². The Morgan fingerprint density at radius 2 is 2.06 bits per heavy atom. The average Bonchev–Trinajstić information content (AvgIpc) is 2.27. The van der Waals surface area contributed by atoms with Crippen LogP contribution in [0.3, 0.4) is 0 Å². The summed E-state index contributed by atoms with van der Waals surface area (Å²) in [4.78, 5) is 11.1. The van der Waals surface area contributed by atoms with Gasteiger partial charge in [-0.05, 0) is 13.0 Å². The van der Waals surface area contributed by atoms with Crippen LogP contribution in [0.1, 0.15) is 12.5 Å². The molecule has 0 fully saturated rings. The van der Waals surface area contributed by atoms with Gasteiger partial charge in [0.05, 0.1) is 5.71 Å². The molecule has 0 aliphatic rings. The summed E-state index contributed by atoms with van der Waals surface area (Å²) in [6.07, 6.45) is 0. The number of carboxylic acids is 1. The Kier molecular flexibility index (Phi) is 3.29. The van der Waals surface area contributed by atoms with Crippen molar-refractivity contribution in [2.24, 2.45) is 0 Å². The van der Waals surface area contributed by atoms with Gasteiger partial charge >= 0.3 is 5.97 Å². The molecular weight excluding hydrogens is 208 g/mol. The van der Waals surface area contributed by atoms with Crippen LogP contribution in [0.25, 0.3) is 0 Å². The number of nitrogens with two attached hydrogens (primary N) is 1. The fourth-order valence-corrected chi connectivity index (χ4v) is 1.28. The predicted molar refractivity (Wildman–Crippen MR) is 60.7 cm³/mol. The van der Waals surface area contributed by atoms with E-state index in [1.54, 1.807) is 24.3 Å². The first-order valence-electron chi connectivity index (χ1n) is 4.66. The van der Waals surface area contributed by atoms with Crippen LogP contribution in [0, 0.1) is 5.41 Å². The highest BCUT2D eigenvalue weighted by Crippen LogP contribution is 2.21. The van der Waals surface area contributed by atoms with E-state index in [0.29, 0.717) is 11.3 Å². The topological polar surface area (TPSA) is 96.4 Å². The van der Waals surface area contributed by atoms with Crippen LogP contribution in [0.2, 0.25) is 0 Å². The lowest BCUT2D eigenvalue weighted by Gasteiger charge is -2.24. The molecule has 0 amide bonds. The number of aliphatic carboxylic acids is 1. The van der Waals surface area contributed by atoms with Gasteiger partial charge in [0, 0.05) is 18.4 Å². The van der Waals surface area contributed by atoms with E-state index in [4.69, 9.17) is 21.0 Å². The van der Waals surface area contributed by atoms with Gasteiger partial charge in [-0.25, -0.2) is 4.79 Å². The number of ether oxygens (including phenoxy) is 1. The predicted octanol–water partition coefficient (Wildman–Crippen LogP) is 1.13. The average molecular weight is 222 g/mol. The smallest absolute Gasteiger partial charge is 0.341 e. The van der Waals surface area contributed by atoms with Crippen molar-refractivity contribution in [2.45, 2.75) is 12.5 Å². The quantitative estimate of drug-likeness (QED) is 0.525. The van der Waals surface area contributed by atoms with E-state index in [-0.39, 0.29) is 5.71 Å². The van der Waals surface area contributed by atoms with Crippen LogP contribution < -0.4 is 5.73 Å². The lowest BCUT2D eigenvalue weighted by atomic mass is 9.93. The molecular formula is C11H14N2O3. The van der Waals surface area contributed by atoms with E-state index in [1.807, 2.05) is 0 Å². The Morgan fingerprint density at radius 1 is 1.50 bits per heavy atom. The van der Waals surface area contributed by atoms with Gasteiger partial charge in [-0.3, -0.25) is 0 Å². The lowest BCUT2D eigenvalue weighted by Crippen LogP contribution is -2.45. The van der Waals surface area contributed by atoms with E-state index in [0.717, 1.165) is 0 Å². The molecule has 1 aromatic carbocycles. The standard InChI is InChI=1S/C11H14N2O3/c1-11(16-2,10(14)15)9(13)7-5-3-4-6-8(7)12/h3-6,13H,12H2,1-2H3,(H,14,15). The van der Waals surface area contributed by atoms with Gasteiger partial charge < -0.3 is 21.0 Å². The number of para-hydroxylation sites is 1. The minimum atomic E-state index is -1.69. The minimum absolute atomic E-state index is 0.166. The molecule has 1 rings (SSSR count). The SMILES string of the molecule is COC(C)(C(=N)c1ccccc1N)C(=O)O. The number of hydrogen-bond donors (Lipinski definition) is 3. The Labute approximate surface area is 93.4 Å². The van der Waals surface area contributed by atoms with Crippen molar-refractivity contribution in [3.05, 3.63) is 29.8 Å². The summed E-state index contributed by atoms with van der Waals surface area (Å²) >= 11 is 0. The number of nitrogen functional groups attached to an aromatic ring is 1. The molecule has 86 valence electrons. The number of carboxylic acid groups (broad SMARTS) is 1. The number of nitrogens with one attached hydrogen (secondary N) is 1. The molecule has 0 aromatic heterocycles. The molecule has 5 heteroatoms. The molecule has 16 heavy (non-hydrogen) atoms. The summed E-state index contributed by atoms with van der Waals surface area (Å²) < 4.78 is 4.89. The molecule has 0 bridgehead atoms. The minimum Gasteiger partial charge on any atom is -0.479 e. The Morgan fingerprint density at radius 3 is 2.50 bits per heavy atom. The van der Waals surface area contributed by atoms with Crippen molar-refractivity contribution in [3.63, 3.8) is 0 Å². The maximum Gasteiger partial charge on any atom is 0.341 e. The lowest BCUT2D eigenvalue weighted by molar-refractivity contribution is -0.152. The molecule has 0 saturated heterocycles. The van der Waals surface area contributed by atoms with E-state index < -0.39 is 11.6 Å². The number of anilines is 1. The molecule has 0 aliphatic carbocycles. The molecule has 0 aliphatic heterocycles. The van der Waals surface area contributed by atoms with E-state index in [2.05, 4.69) is 0 Å². The number of methoxy groups -OCH3 is 1. The Balaban J connectivity index is 3.21. The zero-order valence-corrected chi connectivity index (χ0v) is 9.15. The Bertz CT molecular complexity index is 431. The zero-order chi connectivity index (χ0) is 12.3. The van der Waals surface area contributed by atoms with Gasteiger partial charge in [0.25, 0.3) is 0 Å². The first kappa shape index (κ1) is 12.2. The summed E-state index contributed by atoms with van der Waals surface area (Å²) in [5, 5.41) is 16.9. The van der Waals surface area contributed by atoms with Gasteiger partial charge in [-0.2, -0.15) is 0 Å². The van der Waals surface area contributed by atoms with Gasteiger partial charge in [0.15, 0.2) is 0 Å². The van der Waals surface area contributed by atoms with Gasteiger partial charge in [-0.15, -0.1) is 0 Å². The maximum absolute atomic E-state index is 11.1. The molecule has 0 heterocycles.